The molecule has 10 unspecified atom stereocenters. The minimum absolute atomic E-state index is 0.0352. The van der Waals surface area contributed by atoms with Crippen molar-refractivity contribution in [1.29, 1.82) is 0 Å². The zero-order valence-electron chi connectivity index (χ0n) is 41.9. The lowest BCUT2D eigenvalue weighted by atomic mass is 9.77. The SMILES string of the molecule is CCCN1CC(C)CC(C)(O)C(O[C@@H]2O[C@H](C)C[C@H](N(C)C(=O)N(C)c3ccc(C(F)(F)F)cc3)[C@H]2O)C(C)C(O[C@H]2C[C@@](C)(OC)[C@@H](O)[C@H](C)O2)C(C)C(=O)OC(CC)C(C)(O)C(O)C1C. The standard InChI is InChI=1S/C48H80F3N3O13/c1-15-21-54-25-26(3)23-45(9,60)41(67-43-37(55)34(22-27(4)63-43)53(13)44(59)52(12)33-19-17-32(18-20-33)48(49,50)51)28(5)38(66-36-24-46(10,62-14)40(57)31(8)64-36)29(6)42(58)65-35(16-2)47(11,61)39(56)30(54)7/h17-20,26-31,34-41,43,55-57,60-61H,15-16,21-25H2,1-14H3/t26?,27-,28?,29?,30?,31+,34+,35?,36+,37-,38?,39?,40+,41?,43+,45?,46-,47?/m1/s1. The molecular formula is C48H80F3N3O13. The number of benzene rings is 1. The number of alkyl halides is 3. The molecule has 0 aromatic heterocycles. The van der Waals surface area contributed by atoms with E-state index < -0.39 is 126 Å². The molecule has 19 heteroatoms. The van der Waals surface area contributed by atoms with Gasteiger partial charge in [-0.05, 0) is 111 Å². The highest BCUT2D eigenvalue weighted by Gasteiger charge is 2.53. The molecular weight excluding hydrogens is 884 g/mol. The smallest absolute Gasteiger partial charge is 0.416 e. The number of methoxy groups -OCH3 is 1. The van der Waals surface area contributed by atoms with Crippen LogP contribution in [0.15, 0.2) is 24.3 Å². The van der Waals surface area contributed by atoms with Crippen molar-refractivity contribution in [2.75, 3.05) is 39.2 Å². The first kappa shape index (κ1) is 56.9. The molecule has 0 spiro atoms. The van der Waals surface area contributed by atoms with Crippen LogP contribution >= 0.6 is 0 Å². The monoisotopic (exact) mass is 964 g/mol. The molecule has 5 N–H and O–H groups in total. The minimum Gasteiger partial charge on any atom is -0.459 e. The molecule has 3 fully saturated rings. The van der Waals surface area contributed by atoms with E-state index in [0.717, 1.165) is 12.1 Å². The van der Waals surface area contributed by atoms with Crippen molar-refractivity contribution < 1.29 is 76.7 Å². The number of rotatable bonds is 10. The highest BCUT2D eigenvalue weighted by molar-refractivity contribution is 5.91. The largest absolute Gasteiger partial charge is 0.459 e. The van der Waals surface area contributed by atoms with Gasteiger partial charge in [0, 0.05) is 51.8 Å². The van der Waals surface area contributed by atoms with Gasteiger partial charge in [0.25, 0.3) is 0 Å². The van der Waals surface area contributed by atoms with Crippen LogP contribution in [-0.4, -0.2) is 172 Å². The maximum absolute atomic E-state index is 14.5. The number of esters is 1. The molecule has 0 bridgehead atoms. The molecule has 2 amide bonds. The number of carbonyl (C=O) groups is 2. The molecule has 3 aliphatic heterocycles. The normalized spacial score (nSPS) is 41.2. The third kappa shape index (κ3) is 13.0. The molecule has 3 saturated heterocycles. The number of ether oxygens (including phenoxy) is 6. The lowest BCUT2D eigenvalue weighted by molar-refractivity contribution is -0.317. The van der Waals surface area contributed by atoms with Gasteiger partial charge in [0.1, 0.15) is 30.0 Å². The fourth-order valence-electron chi connectivity index (χ4n) is 10.4. The number of anilines is 1. The third-order valence-electron chi connectivity index (χ3n) is 14.6. The third-order valence-corrected chi connectivity index (χ3v) is 14.6. The molecule has 0 aliphatic carbocycles. The van der Waals surface area contributed by atoms with Crippen molar-refractivity contribution in [3.05, 3.63) is 29.8 Å². The molecule has 1 aromatic carbocycles. The van der Waals surface area contributed by atoms with Crippen LogP contribution in [0.2, 0.25) is 0 Å². The first-order valence-electron chi connectivity index (χ1n) is 23.7. The van der Waals surface area contributed by atoms with E-state index in [9.17, 15) is 48.3 Å². The van der Waals surface area contributed by atoms with Crippen LogP contribution in [-0.2, 0) is 39.4 Å². The molecule has 18 atom stereocenters. The molecule has 3 heterocycles. The summed E-state index contributed by atoms with van der Waals surface area (Å²) in [5.74, 6) is -3.15. The number of cyclic esters (lactones) is 1. The van der Waals surface area contributed by atoms with Gasteiger partial charge in [0.05, 0.1) is 53.1 Å². The summed E-state index contributed by atoms with van der Waals surface area (Å²) in [7, 11) is 4.33. The van der Waals surface area contributed by atoms with Gasteiger partial charge >= 0.3 is 18.2 Å². The summed E-state index contributed by atoms with van der Waals surface area (Å²) in [5, 5.41) is 59.8. The number of halogens is 3. The van der Waals surface area contributed by atoms with Crippen LogP contribution in [0.5, 0.6) is 0 Å². The maximum atomic E-state index is 14.5. The molecule has 3 aliphatic rings. The average molecular weight is 964 g/mol. The van der Waals surface area contributed by atoms with Crippen LogP contribution in [0.25, 0.3) is 0 Å². The number of carbonyl (C=O) groups excluding carboxylic acids is 2. The Morgan fingerprint density at radius 2 is 1.54 bits per heavy atom. The van der Waals surface area contributed by atoms with Gasteiger partial charge in [-0.25, -0.2) is 4.79 Å². The predicted octanol–water partition coefficient (Wildman–Crippen LogP) is 5.33. The number of hydrogen-bond donors (Lipinski definition) is 5. The fraction of sp³-hybridized carbons (Fsp3) is 0.833. The highest BCUT2D eigenvalue weighted by atomic mass is 19.4. The van der Waals surface area contributed by atoms with Gasteiger partial charge < -0.3 is 58.9 Å². The second kappa shape index (κ2) is 22.6. The lowest BCUT2D eigenvalue weighted by Crippen LogP contribution is -2.61. The summed E-state index contributed by atoms with van der Waals surface area (Å²) in [6.07, 6.45) is -14.9. The summed E-state index contributed by atoms with van der Waals surface area (Å²) < 4.78 is 77.8. The van der Waals surface area contributed by atoms with E-state index in [2.05, 4.69) is 0 Å². The molecule has 1 aromatic rings. The van der Waals surface area contributed by atoms with E-state index in [1.807, 2.05) is 18.7 Å². The van der Waals surface area contributed by atoms with Crippen LogP contribution in [0.4, 0.5) is 23.7 Å². The molecule has 386 valence electrons. The quantitative estimate of drug-likeness (QED) is 0.189. The van der Waals surface area contributed by atoms with Gasteiger partial charge in [-0.15, -0.1) is 0 Å². The summed E-state index contributed by atoms with van der Waals surface area (Å²) in [5.41, 5.74) is -5.46. The number of amides is 2. The number of likely N-dealkylation sites (N-methyl/N-ethyl adjacent to an activating group) is 1. The van der Waals surface area contributed by atoms with Crippen LogP contribution in [0.3, 0.4) is 0 Å². The minimum atomic E-state index is -4.57. The van der Waals surface area contributed by atoms with E-state index >= 15 is 0 Å². The van der Waals surface area contributed by atoms with Crippen LogP contribution in [0, 0.1) is 17.8 Å². The molecule has 0 saturated carbocycles. The van der Waals surface area contributed by atoms with E-state index in [-0.39, 0.29) is 37.3 Å². The van der Waals surface area contributed by atoms with E-state index in [1.54, 1.807) is 55.4 Å². The number of hydrogen-bond acceptors (Lipinski definition) is 14. The summed E-state index contributed by atoms with van der Waals surface area (Å²) >= 11 is 0. The van der Waals surface area contributed by atoms with Gasteiger partial charge in [-0.3, -0.25) is 14.6 Å². The Morgan fingerprint density at radius 1 is 0.925 bits per heavy atom. The Balaban J connectivity index is 1.80. The average Bonchev–Trinajstić information content (AvgIpc) is 3.26. The predicted molar refractivity (Wildman–Crippen MR) is 243 cm³/mol. The Labute approximate surface area is 394 Å². The number of aliphatic hydroxyl groups is 5. The fourth-order valence-corrected chi connectivity index (χ4v) is 10.4. The van der Waals surface area contributed by atoms with Crippen molar-refractivity contribution in [3.63, 3.8) is 0 Å². The topological polar surface area (TPSA) is 200 Å². The van der Waals surface area contributed by atoms with Crippen molar-refractivity contribution in [1.82, 2.24) is 9.80 Å². The van der Waals surface area contributed by atoms with Crippen molar-refractivity contribution in [3.8, 4) is 0 Å². The van der Waals surface area contributed by atoms with Crippen molar-refractivity contribution in [2.24, 2.45) is 17.8 Å². The number of nitrogens with zero attached hydrogens (tertiary/aromatic N) is 3. The second-order valence-electron chi connectivity index (χ2n) is 20.3. The van der Waals surface area contributed by atoms with Crippen LogP contribution in [0.1, 0.15) is 114 Å². The summed E-state index contributed by atoms with van der Waals surface area (Å²) in [4.78, 5) is 32.9. The Morgan fingerprint density at radius 3 is 2.09 bits per heavy atom. The van der Waals surface area contributed by atoms with Crippen molar-refractivity contribution >= 4 is 17.7 Å². The Kier molecular flexibility index (Phi) is 19.2. The zero-order valence-corrected chi connectivity index (χ0v) is 41.9. The van der Waals surface area contributed by atoms with E-state index in [4.69, 9.17) is 28.4 Å². The van der Waals surface area contributed by atoms with Crippen LogP contribution < -0.4 is 4.90 Å². The van der Waals surface area contributed by atoms with Gasteiger partial charge in [-0.1, -0.05) is 27.7 Å². The molecule has 16 nitrogen and oxygen atoms in total. The number of urea groups is 1. The highest BCUT2D eigenvalue weighted by Crippen LogP contribution is 2.41. The van der Waals surface area contributed by atoms with Gasteiger partial charge in [0.2, 0.25) is 0 Å². The Bertz CT molecular complexity index is 1760. The molecule has 4 rings (SSSR count). The van der Waals surface area contributed by atoms with Gasteiger partial charge in [0.15, 0.2) is 12.6 Å². The molecule has 0 radical (unpaired) electrons. The Hall–Kier alpha value is -2.69. The zero-order chi connectivity index (χ0) is 50.7. The van der Waals surface area contributed by atoms with Crippen molar-refractivity contribution in [2.45, 2.75) is 205 Å². The summed E-state index contributed by atoms with van der Waals surface area (Å²) in [6.45, 7) is 19.8. The van der Waals surface area contributed by atoms with Gasteiger partial charge in [-0.2, -0.15) is 13.2 Å². The van der Waals surface area contributed by atoms with E-state index in [0.29, 0.717) is 19.5 Å². The summed E-state index contributed by atoms with van der Waals surface area (Å²) in [6, 6.07) is 1.95. The lowest BCUT2D eigenvalue weighted by Gasteiger charge is -2.49. The van der Waals surface area contributed by atoms with E-state index in [1.165, 1.54) is 50.1 Å². The second-order valence-corrected chi connectivity index (χ2v) is 20.3. The first-order valence-corrected chi connectivity index (χ1v) is 23.7. The number of aliphatic hydroxyl groups excluding tert-OH is 3. The molecule has 67 heavy (non-hydrogen) atoms. The first-order chi connectivity index (χ1) is 30.9. The maximum Gasteiger partial charge on any atom is 0.416 e.